The highest BCUT2D eigenvalue weighted by atomic mass is 16.3. The van der Waals surface area contributed by atoms with Crippen molar-refractivity contribution in [1.29, 1.82) is 0 Å². The van der Waals surface area contributed by atoms with Crippen molar-refractivity contribution in [2.24, 2.45) is 0 Å². The fourth-order valence-electron chi connectivity index (χ4n) is 2.22. The van der Waals surface area contributed by atoms with Gasteiger partial charge in [0.15, 0.2) is 0 Å². The lowest BCUT2D eigenvalue weighted by atomic mass is 10.1. The van der Waals surface area contributed by atoms with Crippen LogP contribution in [0, 0.1) is 0 Å². The van der Waals surface area contributed by atoms with Crippen LogP contribution >= 0.6 is 0 Å². The number of hydrogen-bond donors (Lipinski definition) is 2. The van der Waals surface area contributed by atoms with Crippen molar-refractivity contribution in [3.8, 4) is 0 Å². The third kappa shape index (κ3) is 4.27. The predicted octanol–water partition coefficient (Wildman–Crippen LogP) is 2.11. The summed E-state index contributed by atoms with van der Waals surface area (Å²) in [7, 11) is 1.87. The zero-order valence-corrected chi connectivity index (χ0v) is 11.7. The Kier molecular flexibility index (Phi) is 6.68. The first kappa shape index (κ1) is 14.9. The van der Waals surface area contributed by atoms with E-state index in [2.05, 4.69) is 35.1 Å². The van der Waals surface area contributed by atoms with Gasteiger partial charge >= 0.3 is 0 Å². The van der Waals surface area contributed by atoms with E-state index in [0.717, 1.165) is 31.7 Å². The van der Waals surface area contributed by atoms with Crippen LogP contribution < -0.4 is 5.32 Å². The van der Waals surface area contributed by atoms with Gasteiger partial charge in [-0.1, -0.05) is 19.9 Å². The van der Waals surface area contributed by atoms with E-state index in [1.807, 2.05) is 19.3 Å². The Balaban J connectivity index is 2.69. The smallest absolute Gasteiger partial charge is 0.125 e. The molecule has 1 heterocycles. The maximum absolute atomic E-state index is 9.17. The molecule has 4 nitrogen and oxygen atoms in total. The Hall–Kier alpha value is -1.13. The van der Waals surface area contributed by atoms with Crippen molar-refractivity contribution in [3.05, 3.63) is 23.9 Å². The highest BCUT2D eigenvalue weighted by molar-refractivity contribution is 5.34. The maximum Gasteiger partial charge on any atom is 0.125 e. The molecule has 0 bridgehead atoms. The molecule has 1 aromatic heterocycles. The molecule has 0 aliphatic carbocycles. The minimum absolute atomic E-state index is 0.207. The number of aliphatic hydroxyl groups is 1. The molecule has 0 amide bonds. The second kappa shape index (κ2) is 8.06. The molecular formula is C14H25N3O. The zero-order valence-electron chi connectivity index (χ0n) is 11.7. The molecule has 0 aliphatic heterocycles. The van der Waals surface area contributed by atoms with Gasteiger partial charge in [0.05, 0.1) is 6.61 Å². The number of nitrogens with zero attached hydrogens (tertiary/aromatic N) is 2. The number of pyridine rings is 1. The second-order valence-corrected chi connectivity index (χ2v) is 4.47. The van der Waals surface area contributed by atoms with E-state index in [1.165, 1.54) is 5.56 Å². The number of aliphatic hydroxyl groups excluding tert-OH is 1. The molecule has 102 valence electrons. The van der Waals surface area contributed by atoms with E-state index in [9.17, 15) is 0 Å². The van der Waals surface area contributed by atoms with Crippen LogP contribution in [0.5, 0.6) is 0 Å². The van der Waals surface area contributed by atoms with Crippen LogP contribution in [0.3, 0.4) is 0 Å². The molecule has 1 aromatic rings. The van der Waals surface area contributed by atoms with Gasteiger partial charge in [0.2, 0.25) is 0 Å². The summed E-state index contributed by atoms with van der Waals surface area (Å²) in [6.07, 6.45) is 4.12. The van der Waals surface area contributed by atoms with Gasteiger partial charge in [0, 0.05) is 32.4 Å². The van der Waals surface area contributed by atoms with E-state index in [-0.39, 0.29) is 6.61 Å². The molecule has 0 fully saturated rings. The van der Waals surface area contributed by atoms with Gasteiger partial charge in [-0.3, -0.25) is 4.90 Å². The van der Waals surface area contributed by atoms with Crippen molar-refractivity contribution < 1.29 is 5.11 Å². The Labute approximate surface area is 110 Å². The van der Waals surface area contributed by atoms with Gasteiger partial charge < -0.3 is 10.4 Å². The molecule has 0 unspecified atom stereocenters. The number of aromatic nitrogens is 1. The maximum atomic E-state index is 9.17. The standard InChI is InChI=1S/C14H25N3O/c1-4-13(5-2)17(8-9-18)11-12-6-7-14(15-3)16-10-12/h6-7,10,13,18H,4-5,8-9,11H2,1-3H3,(H,15,16). The first-order valence-corrected chi connectivity index (χ1v) is 6.72. The fourth-order valence-corrected chi connectivity index (χ4v) is 2.22. The number of rotatable bonds is 8. The van der Waals surface area contributed by atoms with Crippen LogP contribution in [-0.4, -0.2) is 41.2 Å². The number of anilines is 1. The van der Waals surface area contributed by atoms with Crippen molar-refractivity contribution in [2.75, 3.05) is 25.5 Å². The normalized spacial score (nSPS) is 11.2. The lowest BCUT2D eigenvalue weighted by Gasteiger charge is -2.29. The number of nitrogens with one attached hydrogen (secondary N) is 1. The Bertz CT molecular complexity index is 322. The van der Waals surface area contributed by atoms with E-state index in [0.29, 0.717) is 6.04 Å². The fraction of sp³-hybridized carbons (Fsp3) is 0.643. The van der Waals surface area contributed by atoms with Gasteiger partial charge in [0.25, 0.3) is 0 Å². The van der Waals surface area contributed by atoms with Crippen LogP contribution in [0.4, 0.5) is 5.82 Å². The molecule has 0 spiro atoms. The van der Waals surface area contributed by atoms with Crippen LogP contribution in [-0.2, 0) is 6.54 Å². The first-order valence-electron chi connectivity index (χ1n) is 6.72. The molecule has 0 radical (unpaired) electrons. The molecule has 2 N–H and O–H groups in total. The van der Waals surface area contributed by atoms with Gasteiger partial charge in [-0.05, 0) is 24.5 Å². The molecule has 4 heteroatoms. The Morgan fingerprint density at radius 2 is 2.06 bits per heavy atom. The van der Waals surface area contributed by atoms with Crippen LogP contribution in [0.25, 0.3) is 0 Å². The van der Waals surface area contributed by atoms with Gasteiger partial charge in [-0.15, -0.1) is 0 Å². The average molecular weight is 251 g/mol. The average Bonchev–Trinajstić information content (AvgIpc) is 2.41. The lowest BCUT2D eigenvalue weighted by Crippen LogP contribution is -2.36. The van der Waals surface area contributed by atoms with E-state index >= 15 is 0 Å². The first-order chi connectivity index (χ1) is 8.74. The van der Waals surface area contributed by atoms with Gasteiger partial charge in [-0.25, -0.2) is 4.98 Å². The molecule has 0 aliphatic rings. The molecule has 0 atom stereocenters. The van der Waals surface area contributed by atoms with Crippen molar-refractivity contribution in [1.82, 2.24) is 9.88 Å². The summed E-state index contributed by atoms with van der Waals surface area (Å²) in [6, 6.07) is 4.60. The SMILES string of the molecule is CCC(CC)N(CCO)Cc1ccc(NC)nc1. The third-order valence-corrected chi connectivity index (χ3v) is 3.31. The van der Waals surface area contributed by atoms with Crippen LogP contribution in [0.15, 0.2) is 18.3 Å². The second-order valence-electron chi connectivity index (χ2n) is 4.47. The summed E-state index contributed by atoms with van der Waals surface area (Å²) in [6.45, 7) is 6.17. The van der Waals surface area contributed by atoms with E-state index in [1.54, 1.807) is 0 Å². The molecule has 0 saturated heterocycles. The summed E-state index contributed by atoms with van der Waals surface area (Å²) < 4.78 is 0. The van der Waals surface area contributed by atoms with E-state index in [4.69, 9.17) is 5.11 Å². The van der Waals surface area contributed by atoms with Gasteiger partial charge in [-0.2, -0.15) is 0 Å². The summed E-state index contributed by atoms with van der Waals surface area (Å²) in [5.74, 6) is 0.884. The molecule has 18 heavy (non-hydrogen) atoms. The monoisotopic (exact) mass is 251 g/mol. The number of hydrogen-bond acceptors (Lipinski definition) is 4. The molecule has 0 aromatic carbocycles. The largest absolute Gasteiger partial charge is 0.395 e. The minimum Gasteiger partial charge on any atom is -0.395 e. The van der Waals surface area contributed by atoms with Crippen LogP contribution in [0.2, 0.25) is 0 Å². The summed E-state index contributed by atoms with van der Waals surface area (Å²) in [4.78, 5) is 6.65. The summed E-state index contributed by atoms with van der Waals surface area (Å²) >= 11 is 0. The summed E-state index contributed by atoms with van der Waals surface area (Å²) in [5, 5.41) is 12.2. The third-order valence-electron chi connectivity index (χ3n) is 3.31. The molecular weight excluding hydrogens is 226 g/mol. The molecule has 1 rings (SSSR count). The summed E-state index contributed by atoms with van der Waals surface area (Å²) in [5.41, 5.74) is 1.19. The zero-order chi connectivity index (χ0) is 13.4. The molecule has 0 saturated carbocycles. The minimum atomic E-state index is 0.207. The highest BCUT2D eigenvalue weighted by Gasteiger charge is 2.14. The highest BCUT2D eigenvalue weighted by Crippen LogP contribution is 2.13. The quantitative estimate of drug-likeness (QED) is 0.743. The Morgan fingerprint density at radius 3 is 2.50 bits per heavy atom. The topological polar surface area (TPSA) is 48.4 Å². The lowest BCUT2D eigenvalue weighted by molar-refractivity contribution is 0.136. The van der Waals surface area contributed by atoms with Crippen molar-refractivity contribution in [2.45, 2.75) is 39.3 Å². The predicted molar refractivity (Wildman–Crippen MR) is 75.6 cm³/mol. The van der Waals surface area contributed by atoms with Crippen molar-refractivity contribution >= 4 is 5.82 Å². The van der Waals surface area contributed by atoms with Crippen molar-refractivity contribution in [3.63, 3.8) is 0 Å². The van der Waals surface area contributed by atoms with Crippen LogP contribution in [0.1, 0.15) is 32.3 Å². The van der Waals surface area contributed by atoms with Gasteiger partial charge in [0.1, 0.15) is 5.82 Å². The van der Waals surface area contributed by atoms with E-state index < -0.39 is 0 Å². The Morgan fingerprint density at radius 1 is 1.33 bits per heavy atom.